The van der Waals surface area contributed by atoms with E-state index in [-0.39, 0.29) is 39.9 Å². The molecule has 0 aromatic heterocycles. The van der Waals surface area contributed by atoms with Gasteiger partial charge in [-0.25, -0.2) is 0 Å². The van der Waals surface area contributed by atoms with Gasteiger partial charge in [-0.1, -0.05) is 20.8 Å². The van der Waals surface area contributed by atoms with Gasteiger partial charge in [-0.05, 0) is 0 Å². The van der Waals surface area contributed by atoms with Crippen molar-refractivity contribution in [3.05, 3.63) is 20.2 Å². The molecule has 0 bridgehead atoms. The van der Waals surface area contributed by atoms with Crippen LogP contribution in [-0.2, 0) is 24.2 Å². The molecule has 74 valence electrons. The van der Waals surface area contributed by atoms with Crippen LogP contribution in [0.15, 0.2) is 0 Å². The van der Waals surface area contributed by atoms with Crippen molar-refractivity contribution in [2.24, 2.45) is 0 Å². The summed E-state index contributed by atoms with van der Waals surface area (Å²) in [6.45, 7) is 7.80. The third kappa shape index (κ3) is 22.4. The zero-order chi connectivity index (χ0) is 7.33. The zero-order valence-electron chi connectivity index (χ0n) is 9.48. The van der Waals surface area contributed by atoms with Gasteiger partial charge in [0, 0.05) is 33.2 Å². The molecule has 0 fully saturated rings. The van der Waals surface area contributed by atoms with Gasteiger partial charge in [-0.3, -0.25) is 0 Å². The van der Waals surface area contributed by atoms with Crippen LogP contribution in [0.4, 0.5) is 0 Å². The van der Waals surface area contributed by atoms with E-state index >= 15 is 0 Å². The Morgan fingerprint density at radius 3 is 1.83 bits per heavy atom. The van der Waals surface area contributed by atoms with Crippen molar-refractivity contribution >= 4 is 0 Å². The number of nitrogens with zero attached hydrogens (tertiary/aromatic N) is 1. The normalized spacial score (nSPS) is 9.00. The van der Waals surface area contributed by atoms with E-state index in [1.165, 1.54) is 0 Å². The SMILES string of the molecule is COCC[N-]C(C)(C)C.[CH3-].[CH3-].[Zn]. The van der Waals surface area contributed by atoms with Crippen molar-refractivity contribution in [1.29, 1.82) is 0 Å². The molecule has 0 radical (unpaired) electrons. The van der Waals surface area contributed by atoms with Gasteiger partial charge in [0.1, 0.15) is 0 Å². The average Bonchev–Trinajstić information content (AvgIpc) is 1.63. The molecule has 0 aliphatic carbocycles. The summed E-state index contributed by atoms with van der Waals surface area (Å²) in [6, 6.07) is 0. The van der Waals surface area contributed by atoms with Crippen molar-refractivity contribution in [2.75, 3.05) is 20.3 Å². The molecule has 0 aliphatic rings. The first-order valence-electron chi connectivity index (χ1n) is 3.24. The quantitative estimate of drug-likeness (QED) is 0.412. The Kier molecular flexibility index (Phi) is 22.0. The molecule has 0 spiro atoms. The number of rotatable bonds is 3. The van der Waals surface area contributed by atoms with Crippen molar-refractivity contribution in [1.82, 2.24) is 0 Å². The zero-order valence-corrected chi connectivity index (χ0v) is 12.4. The van der Waals surface area contributed by atoms with Gasteiger partial charge in [-0.15, -0.1) is 12.1 Å². The largest absolute Gasteiger partial charge is 0.656 e. The summed E-state index contributed by atoms with van der Waals surface area (Å²) in [7, 11) is 1.69. The first-order valence-corrected chi connectivity index (χ1v) is 3.24. The van der Waals surface area contributed by atoms with Gasteiger partial charge < -0.3 is 24.9 Å². The molecule has 0 saturated carbocycles. The number of methoxy groups -OCH3 is 1. The third-order valence-electron chi connectivity index (χ3n) is 0.882. The minimum Gasteiger partial charge on any atom is -0.656 e. The molecule has 0 N–H and O–H groups in total. The van der Waals surface area contributed by atoms with Gasteiger partial charge in [0.15, 0.2) is 0 Å². The van der Waals surface area contributed by atoms with Crippen molar-refractivity contribution < 1.29 is 24.2 Å². The molecule has 0 rings (SSSR count). The monoisotopic (exact) mass is 224 g/mol. The molecule has 12 heavy (non-hydrogen) atoms. The number of hydrogen-bond donors (Lipinski definition) is 0. The maximum atomic E-state index is 4.84. The second kappa shape index (κ2) is 11.5. The smallest absolute Gasteiger partial charge is 0.0354 e. The van der Waals surface area contributed by atoms with E-state index in [2.05, 4.69) is 26.1 Å². The van der Waals surface area contributed by atoms with Crippen LogP contribution in [-0.4, -0.2) is 25.8 Å². The van der Waals surface area contributed by atoms with Crippen LogP contribution < -0.4 is 0 Å². The maximum Gasteiger partial charge on any atom is 0.0354 e. The molecule has 2 nitrogen and oxygen atoms in total. The van der Waals surface area contributed by atoms with Gasteiger partial charge in [0.25, 0.3) is 0 Å². The molecule has 0 unspecified atom stereocenters. The summed E-state index contributed by atoms with van der Waals surface area (Å²) < 4.78 is 4.84. The maximum absolute atomic E-state index is 4.84. The summed E-state index contributed by atoms with van der Waals surface area (Å²) in [5, 5.41) is 4.32. The first kappa shape index (κ1) is 22.9. The Hall–Kier alpha value is 0.543. The summed E-state index contributed by atoms with van der Waals surface area (Å²) >= 11 is 0. The second-order valence-electron chi connectivity index (χ2n) is 3.05. The number of ether oxygens (including phenoxy) is 1. The van der Waals surface area contributed by atoms with E-state index < -0.39 is 0 Å². The molecule has 0 amide bonds. The van der Waals surface area contributed by atoms with Crippen molar-refractivity contribution in [3.63, 3.8) is 0 Å². The predicted molar refractivity (Wildman–Crippen MR) is 52.7 cm³/mol. The number of hydrogen-bond acceptors (Lipinski definition) is 1. The standard InChI is InChI=1S/C7H16NO.2CH3.Zn/c1-7(2,3)8-5-6-9-4;;;/h5-6H2,1-4H3;2*1H3;/q3*-1;. The summed E-state index contributed by atoms with van der Waals surface area (Å²) in [6.07, 6.45) is 0. The average molecular weight is 226 g/mol. The van der Waals surface area contributed by atoms with E-state index in [0.717, 1.165) is 13.2 Å². The van der Waals surface area contributed by atoms with Gasteiger partial charge in [-0.2, -0.15) is 0 Å². The minimum atomic E-state index is 0. The molecular formula is C9H22NOZn-3. The van der Waals surface area contributed by atoms with E-state index in [9.17, 15) is 0 Å². The van der Waals surface area contributed by atoms with Crippen LogP contribution in [0.1, 0.15) is 20.8 Å². The Bertz CT molecular complexity index is 71.4. The fourth-order valence-corrected chi connectivity index (χ4v) is 0.472. The molecule has 0 aromatic carbocycles. The van der Waals surface area contributed by atoms with Gasteiger partial charge in [0.05, 0.1) is 0 Å². The molecule has 0 aromatic rings. The summed E-state index contributed by atoms with van der Waals surface area (Å²) in [4.78, 5) is 0. The summed E-state index contributed by atoms with van der Waals surface area (Å²) in [5.41, 5.74) is 0.0958. The van der Waals surface area contributed by atoms with Crippen LogP contribution in [0.3, 0.4) is 0 Å². The van der Waals surface area contributed by atoms with E-state index in [1.807, 2.05) is 0 Å². The van der Waals surface area contributed by atoms with Crippen LogP contribution >= 0.6 is 0 Å². The Balaban J connectivity index is -0.000000107. The fourth-order valence-electron chi connectivity index (χ4n) is 0.472. The molecule has 0 saturated heterocycles. The van der Waals surface area contributed by atoms with Crippen molar-refractivity contribution in [2.45, 2.75) is 26.3 Å². The minimum absolute atomic E-state index is 0. The van der Waals surface area contributed by atoms with Gasteiger partial charge in [0.2, 0.25) is 0 Å². The second-order valence-corrected chi connectivity index (χ2v) is 3.05. The van der Waals surface area contributed by atoms with Crippen molar-refractivity contribution in [3.8, 4) is 0 Å². The Morgan fingerprint density at radius 2 is 1.58 bits per heavy atom. The van der Waals surface area contributed by atoms with E-state index in [1.54, 1.807) is 7.11 Å². The molecule has 0 atom stereocenters. The van der Waals surface area contributed by atoms with E-state index in [4.69, 9.17) is 4.74 Å². The van der Waals surface area contributed by atoms with Crippen LogP contribution in [0.2, 0.25) is 0 Å². The van der Waals surface area contributed by atoms with Gasteiger partial charge >= 0.3 is 0 Å². The van der Waals surface area contributed by atoms with Crippen LogP contribution in [0.5, 0.6) is 0 Å². The topological polar surface area (TPSA) is 23.3 Å². The third-order valence-corrected chi connectivity index (χ3v) is 0.882. The Labute approximate surface area is 91.2 Å². The van der Waals surface area contributed by atoms with Crippen LogP contribution in [0, 0.1) is 14.9 Å². The first-order chi connectivity index (χ1) is 4.06. The summed E-state index contributed by atoms with van der Waals surface area (Å²) in [5.74, 6) is 0. The Morgan fingerprint density at radius 1 is 1.17 bits per heavy atom. The molecule has 3 heteroatoms. The van der Waals surface area contributed by atoms with E-state index in [0.29, 0.717) is 0 Å². The molecular weight excluding hydrogens is 203 g/mol. The predicted octanol–water partition coefficient (Wildman–Crippen LogP) is 2.70. The molecule has 0 aliphatic heterocycles. The van der Waals surface area contributed by atoms with Crippen LogP contribution in [0.25, 0.3) is 5.32 Å². The molecule has 0 heterocycles. The fraction of sp³-hybridized carbons (Fsp3) is 0.778.